The molecule has 0 aliphatic carbocycles. The standard InChI is InChI=1S/C15H17N3O5/c1-15(2,3)23-14(22)17-11-5-4-8(19)6-9(11)12-10(13(20)21)7-16-18-12/h4-7,19H,1-3H3,(H,16,18)(H,17,22)(H,20,21). The van der Waals surface area contributed by atoms with E-state index in [0.29, 0.717) is 0 Å². The Bertz CT molecular complexity index is 746. The average molecular weight is 319 g/mol. The van der Waals surface area contributed by atoms with Crippen molar-refractivity contribution in [3.63, 3.8) is 0 Å². The van der Waals surface area contributed by atoms with Crippen molar-refractivity contribution in [1.82, 2.24) is 10.2 Å². The molecule has 1 amide bonds. The van der Waals surface area contributed by atoms with E-state index in [-0.39, 0.29) is 28.3 Å². The van der Waals surface area contributed by atoms with E-state index < -0.39 is 17.7 Å². The number of carbonyl (C=O) groups is 2. The second-order valence-corrected chi connectivity index (χ2v) is 5.82. The van der Waals surface area contributed by atoms with Crippen molar-refractivity contribution in [1.29, 1.82) is 0 Å². The number of aromatic amines is 1. The van der Waals surface area contributed by atoms with Crippen molar-refractivity contribution in [2.75, 3.05) is 5.32 Å². The summed E-state index contributed by atoms with van der Waals surface area (Å²) in [4.78, 5) is 23.1. The molecular formula is C15H17N3O5. The molecule has 2 rings (SSSR count). The number of anilines is 1. The van der Waals surface area contributed by atoms with E-state index in [1.54, 1.807) is 20.8 Å². The van der Waals surface area contributed by atoms with Crippen molar-refractivity contribution in [2.45, 2.75) is 26.4 Å². The number of aromatic carboxylic acids is 1. The normalized spacial score (nSPS) is 11.1. The zero-order valence-corrected chi connectivity index (χ0v) is 12.9. The molecule has 1 heterocycles. The Morgan fingerprint density at radius 3 is 2.61 bits per heavy atom. The number of H-pyrrole nitrogens is 1. The monoisotopic (exact) mass is 319 g/mol. The van der Waals surface area contributed by atoms with Gasteiger partial charge in [0.2, 0.25) is 0 Å². The Morgan fingerprint density at radius 1 is 1.30 bits per heavy atom. The number of rotatable bonds is 3. The van der Waals surface area contributed by atoms with Gasteiger partial charge in [-0.25, -0.2) is 9.59 Å². The third kappa shape index (κ3) is 4.00. The third-order valence-electron chi connectivity index (χ3n) is 2.78. The average Bonchev–Trinajstić information content (AvgIpc) is 2.87. The van der Waals surface area contributed by atoms with Crippen molar-refractivity contribution in [2.24, 2.45) is 0 Å². The van der Waals surface area contributed by atoms with E-state index >= 15 is 0 Å². The first kappa shape index (κ1) is 16.3. The predicted octanol–water partition coefficient (Wildman–Crippen LogP) is 2.83. The zero-order chi connectivity index (χ0) is 17.2. The molecule has 23 heavy (non-hydrogen) atoms. The Balaban J connectivity index is 2.40. The molecule has 0 atom stereocenters. The number of amides is 1. The highest BCUT2D eigenvalue weighted by Gasteiger charge is 2.21. The van der Waals surface area contributed by atoms with E-state index in [0.717, 1.165) is 6.20 Å². The van der Waals surface area contributed by atoms with Gasteiger partial charge in [0, 0.05) is 5.56 Å². The molecule has 1 aromatic heterocycles. The molecule has 0 unspecified atom stereocenters. The summed E-state index contributed by atoms with van der Waals surface area (Å²) in [5.74, 6) is -1.26. The first-order chi connectivity index (χ1) is 10.7. The number of carboxylic acid groups (broad SMARTS) is 1. The fourth-order valence-electron chi connectivity index (χ4n) is 1.92. The maximum Gasteiger partial charge on any atom is 0.412 e. The Kier molecular flexibility index (Phi) is 4.26. The first-order valence-electron chi connectivity index (χ1n) is 6.77. The summed E-state index contributed by atoms with van der Waals surface area (Å²) in [7, 11) is 0. The van der Waals surface area contributed by atoms with Crippen LogP contribution in [-0.4, -0.2) is 38.1 Å². The van der Waals surface area contributed by atoms with E-state index in [4.69, 9.17) is 4.74 Å². The van der Waals surface area contributed by atoms with Crippen LogP contribution in [0.3, 0.4) is 0 Å². The summed E-state index contributed by atoms with van der Waals surface area (Å²) in [5, 5.41) is 27.6. The number of phenols is 1. The van der Waals surface area contributed by atoms with Crippen LogP contribution < -0.4 is 5.32 Å². The molecule has 0 saturated heterocycles. The van der Waals surface area contributed by atoms with Gasteiger partial charge in [-0.15, -0.1) is 0 Å². The third-order valence-corrected chi connectivity index (χ3v) is 2.78. The maximum absolute atomic E-state index is 11.9. The van der Waals surface area contributed by atoms with Gasteiger partial charge in [0.05, 0.1) is 17.6 Å². The molecule has 0 aliphatic rings. The van der Waals surface area contributed by atoms with Gasteiger partial charge in [-0.2, -0.15) is 5.10 Å². The van der Waals surface area contributed by atoms with Crippen LogP contribution in [0.5, 0.6) is 5.75 Å². The molecule has 2 aromatic rings. The number of hydrogen-bond donors (Lipinski definition) is 4. The Morgan fingerprint density at radius 2 is 2.00 bits per heavy atom. The van der Waals surface area contributed by atoms with Gasteiger partial charge in [-0.1, -0.05) is 0 Å². The summed E-state index contributed by atoms with van der Waals surface area (Å²) in [6.07, 6.45) is 0.458. The minimum atomic E-state index is -1.18. The highest BCUT2D eigenvalue weighted by atomic mass is 16.6. The van der Waals surface area contributed by atoms with Crippen LogP contribution in [0.4, 0.5) is 10.5 Å². The molecule has 0 bridgehead atoms. The zero-order valence-electron chi connectivity index (χ0n) is 12.9. The highest BCUT2D eigenvalue weighted by Crippen LogP contribution is 2.32. The molecule has 0 saturated carbocycles. The lowest BCUT2D eigenvalue weighted by Crippen LogP contribution is -2.27. The fourth-order valence-corrected chi connectivity index (χ4v) is 1.92. The lowest BCUT2D eigenvalue weighted by Gasteiger charge is -2.20. The largest absolute Gasteiger partial charge is 0.508 e. The van der Waals surface area contributed by atoms with Gasteiger partial charge < -0.3 is 14.9 Å². The molecule has 0 radical (unpaired) electrons. The lowest BCUT2D eigenvalue weighted by atomic mass is 10.1. The summed E-state index contributed by atoms with van der Waals surface area (Å²) in [5.41, 5.74) is -0.0293. The fraction of sp³-hybridized carbons (Fsp3) is 0.267. The van der Waals surface area contributed by atoms with Gasteiger partial charge in [0.1, 0.15) is 16.9 Å². The molecule has 0 spiro atoms. The number of phenolic OH excluding ortho intramolecular Hbond substituents is 1. The van der Waals surface area contributed by atoms with Crippen LogP contribution in [0.15, 0.2) is 24.4 Å². The summed E-state index contributed by atoms with van der Waals surface area (Å²) in [6, 6.07) is 4.14. The number of benzene rings is 1. The Hall–Kier alpha value is -3.03. The number of nitrogens with one attached hydrogen (secondary N) is 2. The maximum atomic E-state index is 11.9. The van der Waals surface area contributed by atoms with Crippen molar-refractivity contribution in [3.8, 4) is 17.0 Å². The van der Waals surface area contributed by atoms with Gasteiger partial charge >= 0.3 is 12.1 Å². The van der Waals surface area contributed by atoms with E-state index in [2.05, 4.69) is 15.5 Å². The van der Waals surface area contributed by atoms with Crippen LogP contribution in [0.1, 0.15) is 31.1 Å². The molecule has 8 nitrogen and oxygen atoms in total. The first-order valence-corrected chi connectivity index (χ1v) is 6.77. The minimum Gasteiger partial charge on any atom is -0.508 e. The molecule has 0 fully saturated rings. The number of aromatic hydroxyl groups is 1. The highest BCUT2D eigenvalue weighted by molar-refractivity contribution is 5.99. The van der Waals surface area contributed by atoms with Crippen LogP contribution in [-0.2, 0) is 4.74 Å². The van der Waals surface area contributed by atoms with Crippen LogP contribution >= 0.6 is 0 Å². The van der Waals surface area contributed by atoms with Gasteiger partial charge in [-0.05, 0) is 39.0 Å². The van der Waals surface area contributed by atoms with Crippen LogP contribution in [0.25, 0.3) is 11.3 Å². The van der Waals surface area contributed by atoms with Gasteiger partial charge in [0.15, 0.2) is 0 Å². The molecular weight excluding hydrogens is 302 g/mol. The number of nitrogens with zero attached hydrogens (tertiary/aromatic N) is 1. The summed E-state index contributed by atoms with van der Waals surface area (Å²) >= 11 is 0. The molecule has 1 aromatic carbocycles. The smallest absolute Gasteiger partial charge is 0.412 e. The topological polar surface area (TPSA) is 125 Å². The van der Waals surface area contributed by atoms with Gasteiger partial charge in [0.25, 0.3) is 0 Å². The molecule has 4 N–H and O–H groups in total. The second-order valence-electron chi connectivity index (χ2n) is 5.82. The summed E-state index contributed by atoms with van der Waals surface area (Å²) < 4.78 is 5.17. The number of carbonyl (C=O) groups excluding carboxylic acids is 1. The number of aromatic nitrogens is 2. The van der Waals surface area contributed by atoms with Crippen molar-refractivity contribution >= 4 is 17.7 Å². The van der Waals surface area contributed by atoms with E-state index in [1.165, 1.54) is 18.2 Å². The molecule has 122 valence electrons. The van der Waals surface area contributed by atoms with Crippen molar-refractivity contribution in [3.05, 3.63) is 30.0 Å². The van der Waals surface area contributed by atoms with Crippen LogP contribution in [0, 0.1) is 0 Å². The number of hydrogen-bond acceptors (Lipinski definition) is 5. The van der Waals surface area contributed by atoms with Gasteiger partial charge in [-0.3, -0.25) is 10.4 Å². The molecule has 8 heteroatoms. The number of carboxylic acids is 1. The Labute approximate surface area is 132 Å². The van der Waals surface area contributed by atoms with Crippen LogP contribution in [0.2, 0.25) is 0 Å². The summed E-state index contributed by atoms with van der Waals surface area (Å²) in [6.45, 7) is 5.17. The van der Waals surface area contributed by atoms with E-state index in [1.807, 2.05) is 0 Å². The lowest BCUT2D eigenvalue weighted by molar-refractivity contribution is 0.0634. The number of ether oxygens (including phenoxy) is 1. The minimum absolute atomic E-state index is 0.0807. The SMILES string of the molecule is CC(C)(C)OC(=O)Nc1ccc(O)cc1-c1[nH]ncc1C(=O)O. The second kappa shape index (κ2) is 5.99. The van der Waals surface area contributed by atoms with Crippen molar-refractivity contribution < 1.29 is 24.5 Å². The van der Waals surface area contributed by atoms with E-state index in [9.17, 15) is 19.8 Å². The quantitative estimate of drug-likeness (QED) is 0.645. The predicted molar refractivity (Wildman–Crippen MR) is 82.5 cm³/mol. The molecule has 0 aliphatic heterocycles.